The Balaban J connectivity index is 1.41. The third-order valence-electron chi connectivity index (χ3n) is 17.0. The number of esters is 1. The number of ketones is 3. The van der Waals surface area contributed by atoms with Crippen LogP contribution < -0.4 is 0 Å². The molecule has 0 aromatic carbocycles. The number of morpholine rings is 1. The molecular weight excluding hydrogens is 989 g/mol. The van der Waals surface area contributed by atoms with Crippen molar-refractivity contribution in [2.45, 2.75) is 199 Å². The normalized spacial score (nSPS) is 38.4. The van der Waals surface area contributed by atoms with Crippen molar-refractivity contribution in [3.63, 3.8) is 0 Å². The van der Waals surface area contributed by atoms with Gasteiger partial charge in [0, 0.05) is 77.1 Å². The van der Waals surface area contributed by atoms with Crippen LogP contribution in [0.25, 0.3) is 0 Å². The van der Waals surface area contributed by atoms with Gasteiger partial charge in [-0.3, -0.25) is 24.1 Å². The van der Waals surface area contributed by atoms with Crippen molar-refractivity contribution in [3.8, 4) is 0 Å². The van der Waals surface area contributed by atoms with Crippen molar-refractivity contribution in [2.24, 2.45) is 35.5 Å². The van der Waals surface area contributed by atoms with Crippen LogP contribution in [0.15, 0.2) is 47.6 Å². The average molecular weight is 1090 g/mol. The minimum atomic E-state index is -2.48. The van der Waals surface area contributed by atoms with Crippen LogP contribution in [0.1, 0.15) is 139 Å². The Morgan fingerprint density at radius 1 is 0.844 bits per heavy atom. The number of aliphatic hydroxyl groups is 3. The van der Waals surface area contributed by atoms with Gasteiger partial charge in [0.15, 0.2) is 5.78 Å². The lowest BCUT2D eigenvalue weighted by atomic mass is 9.78. The van der Waals surface area contributed by atoms with E-state index in [0.717, 1.165) is 51.1 Å². The first-order chi connectivity index (χ1) is 36.7. The van der Waals surface area contributed by atoms with Crippen molar-refractivity contribution in [1.29, 1.82) is 0 Å². The molecular formula is C60H96N2O15. The molecule has 1 amide bonds. The van der Waals surface area contributed by atoms with E-state index in [-0.39, 0.29) is 80.5 Å². The number of cyclic esters (lactones) is 1. The van der Waals surface area contributed by atoms with Gasteiger partial charge in [-0.25, -0.2) is 4.79 Å². The van der Waals surface area contributed by atoms with E-state index in [2.05, 4.69) is 11.8 Å². The summed E-state index contributed by atoms with van der Waals surface area (Å²) in [5.74, 6) is -8.09. The molecule has 4 heterocycles. The molecule has 1 saturated carbocycles. The Kier molecular flexibility index (Phi) is 26.3. The number of fused-ring (bicyclic) bond motifs is 3. The molecule has 3 N–H and O–H groups in total. The van der Waals surface area contributed by atoms with E-state index in [1.165, 1.54) is 12.0 Å². The average Bonchev–Trinajstić information content (AvgIpc) is 3.41. The van der Waals surface area contributed by atoms with Crippen molar-refractivity contribution >= 4 is 29.2 Å². The highest BCUT2D eigenvalue weighted by Crippen LogP contribution is 2.38. The van der Waals surface area contributed by atoms with Crippen LogP contribution in [0, 0.1) is 35.5 Å². The van der Waals surface area contributed by atoms with E-state index in [1.807, 2.05) is 58.1 Å². The summed E-state index contributed by atoms with van der Waals surface area (Å²) < 4.78 is 42.3. The molecule has 5 rings (SSSR count). The smallest absolute Gasteiger partial charge is 0.329 e. The van der Waals surface area contributed by atoms with Crippen LogP contribution in [-0.2, 0) is 57.1 Å². The maximum atomic E-state index is 14.6. The highest BCUT2D eigenvalue weighted by molar-refractivity contribution is 6.39. The zero-order valence-corrected chi connectivity index (χ0v) is 48.1. The molecule has 4 aliphatic heterocycles. The summed E-state index contributed by atoms with van der Waals surface area (Å²) in [4.78, 5) is 75.4. The summed E-state index contributed by atoms with van der Waals surface area (Å²) in [6.45, 7) is 18.7. The number of methoxy groups -OCH3 is 2. The lowest BCUT2D eigenvalue weighted by Gasteiger charge is -2.43. The van der Waals surface area contributed by atoms with Gasteiger partial charge in [0.2, 0.25) is 5.79 Å². The molecule has 0 spiro atoms. The van der Waals surface area contributed by atoms with E-state index in [1.54, 1.807) is 34.0 Å². The van der Waals surface area contributed by atoms with E-state index in [9.17, 15) is 39.3 Å². The van der Waals surface area contributed by atoms with Gasteiger partial charge in [-0.05, 0) is 120 Å². The standard InChI is InChI=1S/C60H96N2O15/c1-38-17-12-11-13-18-39(2)51(75-30-27-63)35-47-22-20-44(7)60(70,77-47)57(67)58(68)62-25-15-14-19-48(62)59(69)76-52(36-49(64)40(3)32-43(6)55(66)56(72-10)54(65)42(5)31-38)41(4)33-46-21-23-50(53(34-46)71-9)74-28-16-24-61-26-29-73-37-45(61)8/h11-13,17-18,32,38,40-42,44-48,50-53,55-56,63,66,70H,14-16,19-31,33-37H2,1-10H3/b13-11+,17-12+,39-18+,43-32+/t38-,40-,41-,42-,44-,45-,46+,47+,48+,50-,51?,52+,53-,55-,56+,60-/m1/s1. The van der Waals surface area contributed by atoms with Gasteiger partial charge < -0.3 is 53.4 Å². The fraction of sp³-hybridized carbons (Fsp3) is 0.783. The molecule has 2 bridgehead atoms. The molecule has 1 unspecified atom stereocenters. The molecule has 16 atom stereocenters. The van der Waals surface area contributed by atoms with Crippen molar-refractivity contribution in [3.05, 3.63) is 47.6 Å². The number of aliphatic hydroxyl groups excluding tert-OH is 2. The molecule has 17 heteroatoms. The quantitative estimate of drug-likeness (QED) is 0.0759. The van der Waals surface area contributed by atoms with Crippen molar-refractivity contribution in [1.82, 2.24) is 9.80 Å². The van der Waals surface area contributed by atoms with E-state index >= 15 is 0 Å². The van der Waals surface area contributed by atoms with Crippen LogP contribution in [0.3, 0.4) is 0 Å². The van der Waals surface area contributed by atoms with E-state index in [0.29, 0.717) is 63.2 Å². The monoisotopic (exact) mass is 1080 g/mol. The van der Waals surface area contributed by atoms with Crippen LogP contribution >= 0.6 is 0 Å². The highest BCUT2D eigenvalue weighted by Gasteiger charge is 2.53. The number of ether oxygens (including phenoxy) is 7. The van der Waals surface area contributed by atoms with Gasteiger partial charge >= 0.3 is 5.97 Å². The van der Waals surface area contributed by atoms with Gasteiger partial charge in [-0.2, -0.15) is 0 Å². The topological polar surface area (TPSA) is 217 Å². The fourth-order valence-electron chi connectivity index (χ4n) is 12.0. The lowest BCUT2D eigenvalue weighted by Crippen LogP contribution is -2.61. The molecule has 3 saturated heterocycles. The third kappa shape index (κ3) is 18.3. The summed E-state index contributed by atoms with van der Waals surface area (Å²) in [7, 11) is 3.09. The largest absolute Gasteiger partial charge is 0.460 e. The second-order valence-corrected chi connectivity index (χ2v) is 23.1. The lowest BCUT2D eigenvalue weighted by molar-refractivity contribution is -0.266. The number of allylic oxidation sites excluding steroid dienone is 6. The first-order valence-corrected chi connectivity index (χ1v) is 28.8. The maximum Gasteiger partial charge on any atom is 0.329 e. The minimum Gasteiger partial charge on any atom is -0.460 e. The molecule has 17 nitrogen and oxygen atoms in total. The van der Waals surface area contributed by atoms with Crippen LogP contribution in [0.5, 0.6) is 0 Å². The predicted octanol–water partition coefficient (Wildman–Crippen LogP) is 6.68. The van der Waals surface area contributed by atoms with Gasteiger partial charge in [-0.15, -0.1) is 0 Å². The Morgan fingerprint density at radius 3 is 2.32 bits per heavy atom. The second kappa shape index (κ2) is 31.5. The number of carbonyl (C=O) groups is 5. The first-order valence-electron chi connectivity index (χ1n) is 28.8. The number of amides is 1. The molecule has 1 aliphatic carbocycles. The Morgan fingerprint density at radius 2 is 1.61 bits per heavy atom. The number of piperidine rings is 1. The number of carbonyl (C=O) groups excluding carboxylic acids is 5. The molecule has 5 aliphatic rings. The molecule has 77 heavy (non-hydrogen) atoms. The number of hydrogen-bond donors (Lipinski definition) is 3. The van der Waals surface area contributed by atoms with E-state index < -0.39 is 77.8 Å². The fourth-order valence-corrected chi connectivity index (χ4v) is 12.0. The highest BCUT2D eigenvalue weighted by atomic mass is 16.6. The maximum absolute atomic E-state index is 14.6. The molecule has 4 fully saturated rings. The summed E-state index contributed by atoms with van der Waals surface area (Å²) in [5, 5.41) is 33.4. The summed E-state index contributed by atoms with van der Waals surface area (Å²) in [5.41, 5.74) is 1.19. The number of rotatable bonds is 13. The number of nitrogens with zero attached hydrogens (tertiary/aromatic N) is 2. The zero-order valence-electron chi connectivity index (χ0n) is 48.1. The van der Waals surface area contributed by atoms with Gasteiger partial charge in [0.25, 0.3) is 11.7 Å². The molecule has 0 aromatic rings. The number of hydrogen-bond acceptors (Lipinski definition) is 16. The van der Waals surface area contributed by atoms with Crippen LogP contribution in [0.2, 0.25) is 0 Å². The third-order valence-corrected chi connectivity index (χ3v) is 17.0. The van der Waals surface area contributed by atoms with Gasteiger partial charge in [0.05, 0.1) is 50.8 Å². The zero-order chi connectivity index (χ0) is 56.4. The molecule has 436 valence electrons. The van der Waals surface area contributed by atoms with Gasteiger partial charge in [-0.1, -0.05) is 71.1 Å². The Bertz CT molecular complexity index is 2040. The van der Waals surface area contributed by atoms with Crippen molar-refractivity contribution in [2.75, 3.05) is 66.9 Å². The van der Waals surface area contributed by atoms with E-state index in [4.69, 9.17) is 33.2 Å². The summed E-state index contributed by atoms with van der Waals surface area (Å²) in [6.07, 6.45) is 12.7. The molecule has 0 aromatic heterocycles. The predicted molar refractivity (Wildman–Crippen MR) is 291 cm³/mol. The molecule has 0 radical (unpaired) electrons. The second-order valence-electron chi connectivity index (χ2n) is 23.1. The minimum absolute atomic E-state index is 0.0100. The first kappa shape index (κ1) is 64.3. The summed E-state index contributed by atoms with van der Waals surface area (Å²) >= 11 is 0. The Hall–Kier alpha value is -3.49. The van der Waals surface area contributed by atoms with Crippen LogP contribution in [0.4, 0.5) is 0 Å². The SMILES string of the molecule is CO[C@@H]1C[C@H](C[C@@H](C)[C@@H]2CC(=O)[C@H](C)/C=C(\C)[C@@H](O)[C@@H](OC)C(=O)[C@H](C)C[C@H](C)/C=C/C=C/C=C(\C)C(OCCO)C[C@@H]3CC[C@@H](C)[C@@](O)(O3)C(=O)C(=O)N3CCCC[C@H]3C(=O)O2)CC[C@H]1OCCCN1CCOC[C@H]1C. The summed E-state index contributed by atoms with van der Waals surface area (Å²) in [6, 6.07) is -0.783. The Labute approximate surface area is 459 Å². The van der Waals surface area contributed by atoms with Gasteiger partial charge in [0.1, 0.15) is 30.1 Å². The van der Waals surface area contributed by atoms with Crippen LogP contribution in [-0.4, -0.2) is 182 Å². The number of Topliss-reactive ketones (excluding diaryl/α,β-unsaturated/α-hetero) is 3. The van der Waals surface area contributed by atoms with Crippen molar-refractivity contribution < 1.29 is 72.5 Å².